The molecule has 2 aromatic heterocycles. The van der Waals surface area contributed by atoms with Crippen molar-refractivity contribution >= 4 is 33.0 Å². The number of amides is 1. The van der Waals surface area contributed by atoms with Crippen LogP contribution in [0.4, 0.5) is 8.78 Å². The number of nitrogens with one attached hydrogen (secondary N) is 1. The molecule has 4 rings (SSSR count). The standard InChI is InChI=1S/C23H18ClF2N3O4S/c24-17-4-7-19(33-14-21(25)26)20(11-17)34(31,32)18-5-1-15(2-6-18)12-28-23(30)16-3-8-22-27-9-10-29(22)13-16/h1-11,13,21H,12,14H2,(H,28,30). The number of alkyl halides is 2. The summed E-state index contributed by atoms with van der Waals surface area (Å²) in [5.41, 5.74) is 1.83. The van der Waals surface area contributed by atoms with Crippen LogP contribution in [-0.4, -0.2) is 36.7 Å². The van der Waals surface area contributed by atoms with Crippen LogP contribution >= 0.6 is 11.6 Å². The molecule has 0 atom stereocenters. The van der Waals surface area contributed by atoms with Gasteiger partial charge in [0.1, 0.15) is 22.9 Å². The van der Waals surface area contributed by atoms with Crippen molar-refractivity contribution in [3.8, 4) is 5.75 Å². The van der Waals surface area contributed by atoms with Crippen molar-refractivity contribution in [3.05, 3.63) is 89.3 Å². The van der Waals surface area contributed by atoms with Gasteiger partial charge in [0.05, 0.1) is 10.5 Å². The molecule has 7 nitrogen and oxygen atoms in total. The Kier molecular flexibility index (Phi) is 6.80. The average molecular weight is 506 g/mol. The van der Waals surface area contributed by atoms with Crippen molar-refractivity contribution in [3.63, 3.8) is 0 Å². The molecule has 0 aliphatic rings. The first-order chi connectivity index (χ1) is 16.2. The lowest BCUT2D eigenvalue weighted by molar-refractivity contribution is 0.0804. The van der Waals surface area contributed by atoms with E-state index in [-0.39, 0.29) is 33.0 Å². The van der Waals surface area contributed by atoms with E-state index >= 15 is 0 Å². The molecule has 0 unspecified atom stereocenters. The highest BCUT2D eigenvalue weighted by Gasteiger charge is 2.23. The second-order valence-corrected chi connectivity index (χ2v) is 9.59. The third-order valence-electron chi connectivity index (χ3n) is 4.90. The van der Waals surface area contributed by atoms with Gasteiger partial charge in [0.2, 0.25) is 9.84 Å². The van der Waals surface area contributed by atoms with Crippen LogP contribution in [0.1, 0.15) is 15.9 Å². The molecular formula is C23H18ClF2N3O4S. The third-order valence-corrected chi connectivity index (χ3v) is 6.92. The van der Waals surface area contributed by atoms with Crippen molar-refractivity contribution in [1.29, 1.82) is 0 Å². The Morgan fingerprint density at radius 2 is 1.88 bits per heavy atom. The van der Waals surface area contributed by atoms with Crippen LogP contribution in [0.15, 0.2) is 83.0 Å². The van der Waals surface area contributed by atoms with Crippen LogP contribution in [0.3, 0.4) is 0 Å². The molecule has 0 bridgehead atoms. The summed E-state index contributed by atoms with van der Waals surface area (Å²) in [7, 11) is -4.10. The minimum Gasteiger partial charge on any atom is -0.486 e. The number of carbonyl (C=O) groups excluding carboxylic acids is 1. The molecule has 0 aliphatic heterocycles. The van der Waals surface area contributed by atoms with Gasteiger partial charge in [-0.05, 0) is 48.0 Å². The van der Waals surface area contributed by atoms with Gasteiger partial charge in [-0.3, -0.25) is 4.79 Å². The second-order valence-electron chi connectivity index (χ2n) is 7.23. The fraction of sp³-hybridized carbons (Fsp3) is 0.130. The van der Waals surface area contributed by atoms with Gasteiger partial charge in [-0.25, -0.2) is 22.2 Å². The highest BCUT2D eigenvalue weighted by atomic mass is 35.5. The summed E-state index contributed by atoms with van der Waals surface area (Å²) in [6, 6.07) is 13.0. The van der Waals surface area contributed by atoms with Crippen LogP contribution in [0, 0.1) is 0 Å². The van der Waals surface area contributed by atoms with Crippen molar-refractivity contribution in [2.45, 2.75) is 22.8 Å². The van der Waals surface area contributed by atoms with E-state index in [2.05, 4.69) is 10.3 Å². The van der Waals surface area contributed by atoms with E-state index in [0.717, 1.165) is 11.7 Å². The van der Waals surface area contributed by atoms with Crippen LogP contribution in [0.2, 0.25) is 5.02 Å². The normalized spacial score (nSPS) is 11.6. The summed E-state index contributed by atoms with van der Waals surface area (Å²) in [5.74, 6) is -0.511. The van der Waals surface area contributed by atoms with Gasteiger partial charge in [0, 0.05) is 30.2 Å². The van der Waals surface area contributed by atoms with Gasteiger partial charge in [-0.1, -0.05) is 23.7 Å². The van der Waals surface area contributed by atoms with Gasteiger partial charge < -0.3 is 14.5 Å². The zero-order valence-electron chi connectivity index (χ0n) is 17.5. The predicted molar refractivity (Wildman–Crippen MR) is 121 cm³/mol. The van der Waals surface area contributed by atoms with Crippen molar-refractivity contribution < 1.29 is 26.7 Å². The molecule has 2 aromatic carbocycles. The first-order valence-corrected chi connectivity index (χ1v) is 11.9. The largest absolute Gasteiger partial charge is 0.486 e. The number of ether oxygens (including phenoxy) is 1. The number of halogens is 3. The minimum atomic E-state index is -4.10. The maximum atomic E-state index is 13.1. The molecule has 176 valence electrons. The molecule has 0 aliphatic carbocycles. The zero-order chi connectivity index (χ0) is 24.3. The molecule has 0 saturated carbocycles. The number of hydrogen-bond donors (Lipinski definition) is 1. The molecule has 0 fully saturated rings. The van der Waals surface area contributed by atoms with Gasteiger partial charge in [0.25, 0.3) is 12.3 Å². The minimum absolute atomic E-state index is 0.0719. The van der Waals surface area contributed by atoms with Crippen molar-refractivity contribution in [1.82, 2.24) is 14.7 Å². The molecule has 4 aromatic rings. The first-order valence-electron chi connectivity index (χ1n) is 9.99. The predicted octanol–water partition coefficient (Wildman–Crippen LogP) is 4.39. The Morgan fingerprint density at radius 1 is 1.12 bits per heavy atom. The number of rotatable bonds is 8. The fourth-order valence-corrected chi connectivity index (χ4v) is 4.88. The number of aromatic nitrogens is 2. The molecule has 11 heteroatoms. The van der Waals surface area contributed by atoms with E-state index in [4.69, 9.17) is 16.3 Å². The van der Waals surface area contributed by atoms with E-state index in [1.807, 2.05) is 0 Å². The van der Waals surface area contributed by atoms with Gasteiger partial charge >= 0.3 is 0 Å². The molecule has 1 amide bonds. The van der Waals surface area contributed by atoms with E-state index in [1.165, 1.54) is 24.3 Å². The van der Waals surface area contributed by atoms with Crippen molar-refractivity contribution in [2.24, 2.45) is 0 Å². The molecule has 2 heterocycles. The molecule has 1 N–H and O–H groups in total. The maximum absolute atomic E-state index is 13.1. The van der Waals surface area contributed by atoms with Crippen LogP contribution in [0.5, 0.6) is 5.75 Å². The molecule has 0 saturated heterocycles. The summed E-state index contributed by atoms with van der Waals surface area (Å²) in [6.07, 6.45) is 2.26. The fourth-order valence-electron chi connectivity index (χ4n) is 3.22. The van der Waals surface area contributed by atoms with Crippen molar-refractivity contribution in [2.75, 3.05) is 6.61 Å². The van der Waals surface area contributed by atoms with E-state index in [0.29, 0.717) is 11.1 Å². The molecule has 0 radical (unpaired) electrons. The SMILES string of the molecule is O=C(NCc1ccc(S(=O)(=O)c2cc(Cl)ccc2OCC(F)F)cc1)c1ccc2nccn2c1. The number of pyridine rings is 1. The number of carbonyl (C=O) groups is 1. The highest BCUT2D eigenvalue weighted by molar-refractivity contribution is 7.91. The van der Waals surface area contributed by atoms with Gasteiger partial charge in [0.15, 0.2) is 0 Å². The monoisotopic (exact) mass is 505 g/mol. The number of sulfone groups is 1. The molecular weight excluding hydrogens is 488 g/mol. The topological polar surface area (TPSA) is 89.8 Å². The average Bonchev–Trinajstić information content (AvgIpc) is 3.30. The molecule has 34 heavy (non-hydrogen) atoms. The Bertz CT molecular complexity index is 1440. The zero-order valence-corrected chi connectivity index (χ0v) is 19.1. The Morgan fingerprint density at radius 3 is 2.62 bits per heavy atom. The Labute approximate surface area is 198 Å². The van der Waals surface area contributed by atoms with Gasteiger partial charge in [-0.2, -0.15) is 0 Å². The lowest BCUT2D eigenvalue weighted by atomic mass is 10.2. The summed E-state index contributed by atoms with van der Waals surface area (Å²) in [4.78, 5) is 16.2. The second kappa shape index (κ2) is 9.78. The Balaban J connectivity index is 1.48. The highest BCUT2D eigenvalue weighted by Crippen LogP contribution is 2.32. The van der Waals surface area contributed by atoms with E-state index < -0.39 is 22.9 Å². The number of nitrogens with zero attached hydrogens (tertiary/aromatic N) is 2. The summed E-state index contributed by atoms with van der Waals surface area (Å²) < 4.78 is 58.0. The summed E-state index contributed by atoms with van der Waals surface area (Å²) >= 11 is 5.93. The number of fused-ring (bicyclic) bond motifs is 1. The smallest absolute Gasteiger partial charge is 0.272 e. The Hall–Kier alpha value is -3.50. The summed E-state index contributed by atoms with van der Waals surface area (Å²) in [5, 5.41) is 2.90. The summed E-state index contributed by atoms with van der Waals surface area (Å²) in [6.45, 7) is -0.780. The van der Waals surface area contributed by atoms with Crippen LogP contribution in [0.25, 0.3) is 5.65 Å². The molecule has 0 spiro atoms. The maximum Gasteiger partial charge on any atom is 0.272 e. The van der Waals surface area contributed by atoms with E-state index in [9.17, 15) is 22.0 Å². The van der Waals surface area contributed by atoms with Crippen LogP contribution in [-0.2, 0) is 16.4 Å². The number of imidazole rings is 1. The first kappa shape index (κ1) is 23.7. The number of hydrogen-bond acceptors (Lipinski definition) is 5. The quantitative estimate of drug-likeness (QED) is 0.383. The lowest BCUT2D eigenvalue weighted by Gasteiger charge is -2.13. The van der Waals surface area contributed by atoms with Crippen LogP contribution < -0.4 is 10.1 Å². The number of benzene rings is 2. The third kappa shape index (κ3) is 5.18. The van der Waals surface area contributed by atoms with E-state index in [1.54, 1.807) is 47.3 Å². The lowest BCUT2D eigenvalue weighted by Crippen LogP contribution is -2.23. The van der Waals surface area contributed by atoms with Gasteiger partial charge in [-0.15, -0.1) is 0 Å².